The zero-order valence-corrected chi connectivity index (χ0v) is 13.6. The van der Waals surface area contributed by atoms with Crippen LogP contribution in [0.1, 0.15) is 0 Å². The SMILES string of the molecule is C=C[C@H](O)[C@@](F)(COP(=O)(O)OP(=O)(O)OP(=O)(O)O)OC. The van der Waals surface area contributed by atoms with Gasteiger partial charge in [-0.05, 0) is 0 Å². The van der Waals surface area contributed by atoms with Crippen molar-refractivity contribution >= 4 is 23.5 Å². The van der Waals surface area contributed by atoms with Gasteiger partial charge in [-0.2, -0.15) is 8.62 Å². The van der Waals surface area contributed by atoms with E-state index in [0.717, 1.165) is 7.11 Å². The summed E-state index contributed by atoms with van der Waals surface area (Å²) in [5.74, 6) is -3.05. The average Bonchev–Trinajstić information content (AvgIpc) is 2.30. The molecule has 0 fully saturated rings. The van der Waals surface area contributed by atoms with Crippen molar-refractivity contribution in [3.05, 3.63) is 12.7 Å². The zero-order chi connectivity index (χ0) is 17.8. The molecule has 0 aromatic rings. The standard InChI is InChI=1S/C6H14FO12P3/c1-3-5(8)6(7,16-2)4-17-21(12,13)19-22(14,15)18-20(9,10)11/h3,5,8H,1,4H2,2H3,(H,12,13)(H,14,15)(H2,9,10,11)/t5-,6+/m0/s1. The van der Waals surface area contributed by atoms with E-state index in [2.05, 4.69) is 24.5 Å². The number of ether oxygens (including phenoxy) is 1. The number of phosphoric acid groups is 3. The lowest BCUT2D eigenvalue weighted by Gasteiger charge is -2.27. The van der Waals surface area contributed by atoms with Gasteiger partial charge in [0, 0.05) is 7.11 Å². The molecule has 0 saturated carbocycles. The van der Waals surface area contributed by atoms with E-state index in [9.17, 15) is 23.2 Å². The molecule has 22 heavy (non-hydrogen) atoms. The largest absolute Gasteiger partial charge is 0.490 e. The van der Waals surface area contributed by atoms with Crippen molar-refractivity contribution < 1.29 is 60.6 Å². The third-order valence-electron chi connectivity index (χ3n) is 1.84. The third-order valence-corrected chi connectivity index (χ3v) is 5.63. The molecule has 4 atom stereocenters. The van der Waals surface area contributed by atoms with Crippen molar-refractivity contribution in [2.45, 2.75) is 12.0 Å². The highest BCUT2D eigenvalue weighted by atomic mass is 31.3. The molecular formula is C6H14FO12P3. The van der Waals surface area contributed by atoms with Crippen LogP contribution in [0.25, 0.3) is 0 Å². The van der Waals surface area contributed by atoms with E-state index in [1.54, 1.807) is 0 Å². The van der Waals surface area contributed by atoms with Crippen molar-refractivity contribution in [2.24, 2.45) is 0 Å². The Morgan fingerprint density at radius 3 is 2.05 bits per heavy atom. The van der Waals surface area contributed by atoms with Gasteiger partial charge in [-0.25, -0.2) is 18.1 Å². The van der Waals surface area contributed by atoms with Crippen LogP contribution in [-0.4, -0.2) is 50.4 Å². The summed E-state index contributed by atoms with van der Waals surface area (Å²) in [6.45, 7) is 1.58. The molecule has 0 aromatic carbocycles. The highest BCUT2D eigenvalue weighted by Crippen LogP contribution is 2.66. The number of aliphatic hydroxyl groups excluding tert-OH is 1. The molecule has 5 N–H and O–H groups in total. The Kier molecular flexibility index (Phi) is 7.71. The summed E-state index contributed by atoms with van der Waals surface area (Å²) in [4.78, 5) is 34.5. The van der Waals surface area contributed by atoms with Gasteiger partial charge in [0.15, 0.2) is 0 Å². The van der Waals surface area contributed by atoms with Crippen molar-refractivity contribution in [1.29, 1.82) is 0 Å². The first-order valence-corrected chi connectivity index (χ1v) is 9.51. The number of hydrogen-bond acceptors (Lipinski definition) is 8. The van der Waals surface area contributed by atoms with E-state index in [1.165, 1.54) is 0 Å². The highest BCUT2D eigenvalue weighted by molar-refractivity contribution is 7.66. The number of phosphoric ester groups is 1. The number of alkyl halides is 1. The smallest absolute Gasteiger partial charge is 0.383 e. The molecule has 2 unspecified atom stereocenters. The van der Waals surface area contributed by atoms with Gasteiger partial charge in [0.05, 0.1) is 0 Å². The number of aliphatic hydroxyl groups is 1. The second kappa shape index (κ2) is 7.71. The summed E-state index contributed by atoms with van der Waals surface area (Å²) in [6.07, 6.45) is -1.33. The molecule has 132 valence electrons. The van der Waals surface area contributed by atoms with E-state index >= 15 is 0 Å². The second-order valence-electron chi connectivity index (χ2n) is 3.54. The molecule has 0 rings (SSSR count). The van der Waals surface area contributed by atoms with Crippen LogP contribution in [0.5, 0.6) is 0 Å². The predicted molar refractivity (Wildman–Crippen MR) is 66.9 cm³/mol. The van der Waals surface area contributed by atoms with Crippen molar-refractivity contribution in [1.82, 2.24) is 0 Å². The Morgan fingerprint density at radius 1 is 1.18 bits per heavy atom. The first-order valence-electron chi connectivity index (χ1n) is 4.99. The molecule has 0 aromatic heterocycles. The van der Waals surface area contributed by atoms with Crippen LogP contribution in [0.15, 0.2) is 12.7 Å². The highest BCUT2D eigenvalue weighted by Gasteiger charge is 2.44. The third kappa shape index (κ3) is 8.02. The number of methoxy groups -OCH3 is 1. The number of halogens is 1. The molecule has 0 amide bonds. The molecule has 0 aliphatic heterocycles. The maximum Gasteiger partial charge on any atom is 0.490 e. The molecule has 0 heterocycles. The van der Waals surface area contributed by atoms with Crippen LogP contribution in [0.4, 0.5) is 4.39 Å². The lowest BCUT2D eigenvalue weighted by molar-refractivity contribution is -0.195. The van der Waals surface area contributed by atoms with Crippen molar-refractivity contribution in [2.75, 3.05) is 13.7 Å². The van der Waals surface area contributed by atoms with Crippen LogP contribution < -0.4 is 0 Å². The Bertz CT molecular complexity index is 531. The summed E-state index contributed by atoms with van der Waals surface area (Å²) in [5, 5.41) is 9.22. The van der Waals surface area contributed by atoms with Gasteiger partial charge in [0.2, 0.25) is 0 Å². The van der Waals surface area contributed by atoms with Crippen LogP contribution in [0.3, 0.4) is 0 Å². The maximum absolute atomic E-state index is 13.9. The molecule has 0 aliphatic carbocycles. The van der Waals surface area contributed by atoms with Crippen LogP contribution in [0.2, 0.25) is 0 Å². The molecule has 12 nitrogen and oxygen atoms in total. The van der Waals surface area contributed by atoms with E-state index < -0.39 is 42.0 Å². The van der Waals surface area contributed by atoms with Crippen molar-refractivity contribution in [3.63, 3.8) is 0 Å². The molecule has 0 saturated heterocycles. The quantitative estimate of drug-likeness (QED) is 0.252. The number of rotatable bonds is 10. The summed E-state index contributed by atoms with van der Waals surface area (Å²) >= 11 is 0. The van der Waals surface area contributed by atoms with Gasteiger partial charge in [-0.15, -0.1) is 6.58 Å². The van der Waals surface area contributed by atoms with E-state index in [-0.39, 0.29) is 0 Å². The summed E-state index contributed by atoms with van der Waals surface area (Å²) in [7, 11) is -16.0. The normalized spacial score (nSPS) is 22.1. The topological polar surface area (TPSA) is 189 Å². The predicted octanol–water partition coefficient (Wildman–Crippen LogP) is 0.189. The zero-order valence-electron chi connectivity index (χ0n) is 10.9. The molecule has 0 radical (unpaired) electrons. The first kappa shape index (κ1) is 22.0. The van der Waals surface area contributed by atoms with Gasteiger partial charge in [0.1, 0.15) is 12.7 Å². The Labute approximate surface area is 123 Å². The van der Waals surface area contributed by atoms with Crippen molar-refractivity contribution in [3.8, 4) is 0 Å². The minimum atomic E-state index is -5.70. The second-order valence-corrected chi connectivity index (χ2v) is 7.96. The minimum Gasteiger partial charge on any atom is -0.383 e. The van der Waals surface area contributed by atoms with Crippen LogP contribution in [-0.2, 0) is 31.6 Å². The Morgan fingerprint density at radius 2 is 1.68 bits per heavy atom. The van der Waals surface area contributed by atoms with E-state index in [0.29, 0.717) is 6.08 Å². The fourth-order valence-electron chi connectivity index (χ4n) is 0.914. The van der Waals surface area contributed by atoms with Gasteiger partial charge in [-0.1, -0.05) is 6.08 Å². The fraction of sp³-hybridized carbons (Fsp3) is 0.667. The summed E-state index contributed by atoms with van der Waals surface area (Å²) in [6, 6.07) is 0. The molecule has 16 heteroatoms. The molecule has 0 aliphatic rings. The minimum absolute atomic E-state index is 0.670. The van der Waals surface area contributed by atoms with Crippen LogP contribution >= 0.6 is 23.5 Å². The average molecular weight is 390 g/mol. The molecule has 0 spiro atoms. The summed E-state index contributed by atoms with van der Waals surface area (Å²) in [5.41, 5.74) is 0. The Hall–Kier alpha value is -0.0000000000000000694. The summed E-state index contributed by atoms with van der Waals surface area (Å²) < 4.78 is 61.5. The van der Waals surface area contributed by atoms with E-state index in [4.69, 9.17) is 19.6 Å². The van der Waals surface area contributed by atoms with E-state index in [1.807, 2.05) is 0 Å². The Balaban J connectivity index is 4.91. The molecular weight excluding hydrogens is 376 g/mol. The first-order chi connectivity index (χ1) is 9.66. The lowest BCUT2D eigenvalue weighted by atomic mass is 10.2. The van der Waals surface area contributed by atoms with Gasteiger partial charge in [0.25, 0.3) is 5.85 Å². The van der Waals surface area contributed by atoms with Gasteiger partial charge in [-0.3, -0.25) is 4.52 Å². The number of hydrogen-bond donors (Lipinski definition) is 5. The van der Waals surface area contributed by atoms with Gasteiger partial charge >= 0.3 is 23.5 Å². The van der Waals surface area contributed by atoms with Crippen LogP contribution in [0, 0.1) is 0 Å². The monoisotopic (exact) mass is 390 g/mol. The fourth-order valence-corrected chi connectivity index (χ4v) is 3.95. The maximum atomic E-state index is 13.9. The lowest BCUT2D eigenvalue weighted by Crippen LogP contribution is -2.42. The molecule has 0 bridgehead atoms. The van der Waals surface area contributed by atoms with Gasteiger partial charge < -0.3 is 29.4 Å².